The summed E-state index contributed by atoms with van der Waals surface area (Å²) in [6.45, 7) is 7.55. The summed E-state index contributed by atoms with van der Waals surface area (Å²) in [6.07, 6.45) is 3.27. The van der Waals surface area contributed by atoms with Crippen LogP contribution in [0.3, 0.4) is 0 Å². The van der Waals surface area contributed by atoms with E-state index in [0.717, 1.165) is 0 Å². The molecule has 0 aliphatic rings. The predicted molar refractivity (Wildman–Crippen MR) is 73.2 cm³/mol. The SMILES string of the molecule is CCC(CC)(CCC(CC)(CC)C(=O)ON)C(=O)O. The predicted octanol–water partition coefficient (Wildman–Crippen LogP) is 2.88. The van der Waals surface area contributed by atoms with Crippen LogP contribution in [0.1, 0.15) is 66.2 Å². The van der Waals surface area contributed by atoms with Gasteiger partial charge >= 0.3 is 11.9 Å². The first-order valence-electron chi connectivity index (χ1n) is 7.02. The second kappa shape index (κ2) is 7.48. The fraction of sp³-hybridized carbons (Fsp3) is 0.857. The largest absolute Gasteiger partial charge is 0.481 e. The minimum Gasteiger partial charge on any atom is -0.481 e. The van der Waals surface area contributed by atoms with Gasteiger partial charge in [0.05, 0.1) is 10.8 Å². The minimum absolute atomic E-state index is 0.441. The van der Waals surface area contributed by atoms with Crippen molar-refractivity contribution in [2.24, 2.45) is 16.7 Å². The number of nitrogens with two attached hydrogens (primary N) is 1. The van der Waals surface area contributed by atoms with Gasteiger partial charge in [-0.1, -0.05) is 27.7 Å². The van der Waals surface area contributed by atoms with Gasteiger partial charge < -0.3 is 9.94 Å². The molecule has 0 bridgehead atoms. The van der Waals surface area contributed by atoms with Crippen LogP contribution in [0.2, 0.25) is 0 Å². The third-order valence-corrected chi connectivity index (χ3v) is 4.78. The zero-order valence-electron chi connectivity index (χ0n) is 12.5. The van der Waals surface area contributed by atoms with Crippen LogP contribution in [0.4, 0.5) is 0 Å². The molecule has 0 saturated heterocycles. The Morgan fingerprint density at radius 2 is 1.32 bits per heavy atom. The highest BCUT2D eigenvalue weighted by atomic mass is 16.7. The van der Waals surface area contributed by atoms with E-state index in [0.29, 0.717) is 38.5 Å². The Hall–Kier alpha value is -1.10. The first-order chi connectivity index (χ1) is 8.87. The molecule has 0 heterocycles. The van der Waals surface area contributed by atoms with Gasteiger partial charge in [0.2, 0.25) is 0 Å². The van der Waals surface area contributed by atoms with Crippen molar-refractivity contribution in [3.05, 3.63) is 0 Å². The summed E-state index contributed by atoms with van der Waals surface area (Å²) in [6, 6.07) is 0. The summed E-state index contributed by atoms with van der Waals surface area (Å²) < 4.78 is 0. The highest BCUT2D eigenvalue weighted by molar-refractivity contribution is 5.77. The van der Waals surface area contributed by atoms with Gasteiger partial charge in [-0.15, -0.1) is 0 Å². The lowest BCUT2D eigenvalue weighted by Gasteiger charge is -2.33. The van der Waals surface area contributed by atoms with Crippen LogP contribution in [0.25, 0.3) is 0 Å². The summed E-state index contributed by atoms with van der Waals surface area (Å²) in [5, 5.41) is 9.42. The lowest BCUT2D eigenvalue weighted by molar-refractivity contribution is -0.160. The molecule has 0 rings (SSSR count). The molecule has 0 unspecified atom stereocenters. The monoisotopic (exact) mass is 273 g/mol. The Bertz CT molecular complexity index is 307. The van der Waals surface area contributed by atoms with E-state index < -0.39 is 22.8 Å². The van der Waals surface area contributed by atoms with E-state index in [1.54, 1.807) is 0 Å². The fourth-order valence-corrected chi connectivity index (χ4v) is 2.61. The summed E-state index contributed by atoms with van der Waals surface area (Å²) in [7, 11) is 0. The van der Waals surface area contributed by atoms with E-state index in [1.165, 1.54) is 0 Å². The van der Waals surface area contributed by atoms with Gasteiger partial charge in [-0.25, -0.2) is 4.79 Å². The number of carboxylic acid groups (broad SMARTS) is 1. The van der Waals surface area contributed by atoms with Crippen molar-refractivity contribution in [3.8, 4) is 0 Å². The maximum absolute atomic E-state index is 11.9. The van der Waals surface area contributed by atoms with Gasteiger partial charge in [0.25, 0.3) is 0 Å². The van der Waals surface area contributed by atoms with E-state index in [9.17, 15) is 14.7 Å². The summed E-state index contributed by atoms with van der Waals surface area (Å²) in [5.74, 6) is 3.77. The molecule has 0 amide bonds. The van der Waals surface area contributed by atoms with Crippen LogP contribution in [0, 0.1) is 10.8 Å². The third-order valence-electron chi connectivity index (χ3n) is 4.78. The lowest BCUT2D eigenvalue weighted by Crippen LogP contribution is -2.37. The van der Waals surface area contributed by atoms with Crippen LogP contribution in [-0.2, 0) is 14.4 Å². The molecule has 0 aromatic rings. The van der Waals surface area contributed by atoms with E-state index >= 15 is 0 Å². The molecule has 0 aliphatic heterocycles. The molecule has 0 radical (unpaired) electrons. The summed E-state index contributed by atoms with van der Waals surface area (Å²) in [5.41, 5.74) is -1.43. The zero-order chi connectivity index (χ0) is 15.1. The molecule has 0 atom stereocenters. The molecule has 0 saturated carbocycles. The van der Waals surface area contributed by atoms with Crippen molar-refractivity contribution in [3.63, 3.8) is 0 Å². The van der Waals surface area contributed by atoms with Gasteiger partial charge in [0.15, 0.2) is 0 Å². The molecule has 19 heavy (non-hydrogen) atoms. The molecule has 0 aromatic carbocycles. The maximum Gasteiger partial charge on any atom is 0.330 e. The summed E-state index contributed by atoms with van der Waals surface area (Å²) >= 11 is 0. The zero-order valence-corrected chi connectivity index (χ0v) is 12.5. The third kappa shape index (κ3) is 3.69. The number of carbonyl (C=O) groups excluding carboxylic acids is 1. The molecular formula is C14H27NO4. The average molecular weight is 273 g/mol. The number of aliphatic carboxylic acids is 1. The smallest absolute Gasteiger partial charge is 0.330 e. The average Bonchev–Trinajstić information content (AvgIpc) is 2.44. The topological polar surface area (TPSA) is 89.6 Å². The number of rotatable bonds is 9. The first kappa shape index (κ1) is 17.9. The Morgan fingerprint density at radius 3 is 1.58 bits per heavy atom. The van der Waals surface area contributed by atoms with E-state index in [1.807, 2.05) is 27.7 Å². The van der Waals surface area contributed by atoms with Crippen LogP contribution in [-0.4, -0.2) is 17.0 Å². The van der Waals surface area contributed by atoms with Gasteiger partial charge in [0.1, 0.15) is 0 Å². The molecule has 0 aromatic heterocycles. The van der Waals surface area contributed by atoms with Crippen molar-refractivity contribution in [2.75, 3.05) is 0 Å². The molecule has 5 nitrogen and oxygen atoms in total. The van der Waals surface area contributed by atoms with Crippen molar-refractivity contribution in [1.82, 2.24) is 0 Å². The van der Waals surface area contributed by atoms with Crippen LogP contribution in [0.5, 0.6) is 0 Å². The van der Waals surface area contributed by atoms with Crippen LogP contribution < -0.4 is 5.90 Å². The quantitative estimate of drug-likeness (QED) is 0.630. The number of carboxylic acids is 1. The van der Waals surface area contributed by atoms with Crippen LogP contribution >= 0.6 is 0 Å². The number of carbonyl (C=O) groups is 2. The molecule has 3 N–H and O–H groups in total. The van der Waals surface area contributed by atoms with E-state index in [2.05, 4.69) is 4.84 Å². The van der Waals surface area contributed by atoms with Gasteiger partial charge in [0, 0.05) is 0 Å². The molecule has 0 spiro atoms. The first-order valence-corrected chi connectivity index (χ1v) is 7.02. The Kier molecular flexibility index (Phi) is 7.05. The van der Waals surface area contributed by atoms with Gasteiger partial charge in [-0.05, 0) is 38.5 Å². The molecule has 112 valence electrons. The van der Waals surface area contributed by atoms with Gasteiger partial charge in [-0.2, -0.15) is 5.90 Å². The Labute approximate surface area is 115 Å². The fourth-order valence-electron chi connectivity index (χ4n) is 2.61. The summed E-state index contributed by atoms with van der Waals surface area (Å²) in [4.78, 5) is 27.7. The molecule has 5 heteroatoms. The Balaban J connectivity index is 5.08. The second-order valence-electron chi connectivity index (χ2n) is 5.19. The van der Waals surface area contributed by atoms with Crippen molar-refractivity contribution < 1.29 is 19.5 Å². The molecule has 0 fully saturated rings. The highest BCUT2D eigenvalue weighted by Crippen LogP contribution is 2.40. The molecule has 0 aliphatic carbocycles. The normalized spacial score (nSPS) is 12.3. The number of hydrogen-bond donors (Lipinski definition) is 2. The minimum atomic E-state index is -0.792. The van der Waals surface area contributed by atoms with Crippen molar-refractivity contribution >= 4 is 11.9 Å². The lowest BCUT2D eigenvalue weighted by atomic mass is 9.70. The molecular weight excluding hydrogens is 246 g/mol. The maximum atomic E-state index is 11.9. The van der Waals surface area contributed by atoms with E-state index in [-0.39, 0.29) is 0 Å². The van der Waals surface area contributed by atoms with E-state index in [4.69, 9.17) is 5.90 Å². The Morgan fingerprint density at radius 1 is 0.947 bits per heavy atom. The van der Waals surface area contributed by atoms with Gasteiger partial charge in [-0.3, -0.25) is 4.79 Å². The second-order valence-corrected chi connectivity index (χ2v) is 5.19. The van der Waals surface area contributed by atoms with Crippen LogP contribution in [0.15, 0.2) is 0 Å². The highest BCUT2D eigenvalue weighted by Gasteiger charge is 2.42. The van der Waals surface area contributed by atoms with Crippen molar-refractivity contribution in [2.45, 2.75) is 66.2 Å². The number of hydrogen-bond acceptors (Lipinski definition) is 4. The van der Waals surface area contributed by atoms with Crippen molar-refractivity contribution in [1.29, 1.82) is 0 Å². The standard InChI is InChI=1S/C14H27NO4/c1-5-13(6-2,11(16)17)9-10-14(7-3,8-4)12(18)19-15/h5-10,15H2,1-4H3,(H,16,17).